The summed E-state index contributed by atoms with van der Waals surface area (Å²) in [6.07, 6.45) is 2.63. The van der Waals surface area contributed by atoms with Crippen LogP contribution in [-0.4, -0.2) is 27.0 Å². The average molecular weight is 239 g/mol. The van der Waals surface area contributed by atoms with Crippen molar-refractivity contribution in [2.24, 2.45) is 0 Å². The van der Waals surface area contributed by atoms with Crippen molar-refractivity contribution in [3.8, 4) is 0 Å². The first kappa shape index (κ1) is 11.1. The van der Waals surface area contributed by atoms with Crippen LogP contribution >= 0.6 is 0 Å². The van der Waals surface area contributed by atoms with Crippen LogP contribution in [0.5, 0.6) is 0 Å². The third kappa shape index (κ3) is 1.71. The maximum Gasteiger partial charge on any atom is 0.232 e. The molecule has 0 saturated heterocycles. The number of sulfonamides is 1. The Kier molecular flexibility index (Phi) is 2.50. The van der Waals surface area contributed by atoms with E-state index in [0.29, 0.717) is 17.7 Å². The van der Waals surface area contributed by atoms with E-state index in [1.165, 1.54) is 10.6 Å². The molecule has 0 amide bonds. The van der Waals surface area contributed by atoms with Gasteiger partial charge >= 0.3 is 0 Å². The minimum Gasteiger partial charge on any atom is -0.298 e. The van der Waals surface area contributed by atoms with E-state index in [1.54, 1.807) is 18.2 Å². The zero-order valence-corrected chi connectivity index (χ0v) is 9.99. The van der Waals surface area contributed by atoms with Crippen molar-refractivity contribution in [1.29, 1.82) is 0 Å². The van der Waals surface area contributed by atoms with E-state index in [9.17, 15) is 13.2 Å². The maximum absolute atomic E-state index is 11.6. The molecule has 0 saturated carbocycles. The molecule has 86 valence electrons. The molecule has 4 nitrogen and oxygen atoms in total. The van der Waals surface area contributed by atoms with Crippen LogP contribution in [0, 0.1) is 0 Å². The Hall–Kier alpha value is -1.36. The van der Waals surface area contributed by atoms with Crippen LogP contribution < -0.4 is 4.31 Å². The topological polar surface area (TPSA) is 54.5 Å². The standard InChI is InChI=1S/C11H13NO3S/c1-8-5-10-6-9(7-13)3-4-11(10)12(8)16(2,14)15/h3-4,6-8H,5H2,1-2H3. The maximum atomic E-state index is 11.6. The van der Waals surface area contributed by atoms with Crippen LogP contribution in [0.1, 0.15) is 22.8 Å². The zero-order valence-electron chi connectivity index (χ0n) is 9.17. The highest BCUT2D eigenvalue weighted by Crippen LogP contribution is 2.34. The first-order valence-corrected chi connectivity index (χ1v) is 6.86. The highest BCUT2D eigenvalue weighted by Gasteiger charge is 2.32. The molecule has 1 aliphatic rings. The van der Waals surface area contributed by atoms with E-state index in [0.717, 1.165) is 11.8 Å². The second kappa shape index (κ2) is 3.59. The number of rotatable bonds is 2. The Bertz CT molecular complexity index is 536. The lowest BCUT2D eigenvalue weighted by molar-refractivity contribution is 0.112. The molecule has 1 aliphatic heterocycles. The van der Waals surface area contributed by atoms with Gasteiger partial charge in [0.25, 0.3) is 0 Å². The smallest absolute Gasteiger partial charge is 0.232 e. The molecule has 2 rings (SSSR count). The molecule has 0 spiro atoms. The first-order chi connectivity index (χ1) is 7.43. The first-order valence-electron chi connectivity index (χ1n) is 5.01. The lowest BCUT2D eigenvalue weighted by Gasteiger charge is -2.21. The van der Waals surface area contributed by atoms with E-state index in [4.69, 9.17) is 0 Å². The number of carbonyl (C=O) groups excluding carboxylic acids is 1. The summed E-state index contributed by atoms with van der Waals surface area (Å²) in [6.45, 7) is 1.86. The number of fused-ring (bicyclic) bond motifs is 1. The van der Waals surface area contributed by atoms with Crippen LogP contribution in [0.25, 0.3) is 0 Å². The highest BCUT2D eigenvalue weighted by atomic mass is 32.2. The number of hydrogen-bond acceptors (Lipinski definition) is 3. The molecular formula is C11H13NO3S. The second-order valence-electron chi connectivity index (χ2n) is 4.12. The number of benzene rings is 1. The minimum atomic E-state index is -3.24. The van der Waals surface area contributed by atoms with E-state index in [1.807, 2.05) is 6.92 Å². The summed E-state index contributed by atoms with van der Waals surface area (Å²) in [5.74, 6) is 0. The zero-order chi connectivity index (χ0) is 11.9. The summed E-state index contributed by atoms with van der Waals surface area (Å²) >= 11 is 0. The Morgan fingerprint density at radius 3 is 2.69 bits per heavy atom. The Labute approximate surface area is 94.9 Å². The van der Waals surface area contributed by atoms with Crippen molar-refractivity contribution in [2.45, 2.75) is 19.4 Å². The van der Waals surface area contributed by atoms with E-state index in [-0.39, 0.29) is 6.04 Å². The number of hydrogen-bond donors (Lipinski definition) is 0. The molecule has 0 aromatic heterocycles. The Morgan fingerprint density at radius 2 is 2.12 bits per heavy atom. The molecule has 1 atom stereocenters. The van der Waals surface area contributed by atoms with Gasteiger partial charge in [-0.1, -0.05) is 0 Å². The van der Waals surface area contributed by atoms with Gasteiger partial charge in [0, 0.05) is 11.6 Å². The van der Waals surface area contributed by atoms with Gasteiger partial charge in [-0.3, -0.25) is 9.10 Å². The SMILES string of the molecule is CC1Cc2cc(C=O)ccc2N1S(C)(=O)=O. The van der Waals surface area contributed by atoms with Crippen molar-refractivity contribution in [2.75, 3.05) is 10.6 Å². The van der Waals surface area contributed by atoms with Gasteiger partial charge in [0.15, 0.2) is 0 Å². The van der Waals surface area contributed by atoms with E-state index >= 15 is 0 Å². The van der Waals surface area contributed by atoms with Crippen LogP contribution in [-0.2, 0) is 16.4 Å². The van der Waals surface area contributed by atoms with Crippen LogP contribution in [0.4, 0.5) is 5.69 Å². The van der Waals surface area contributed by atoms with E-state index < -0.39 is 10.0 Å². The Balaban J connectivity index is 2.55. The van der Waals surface area contributed by atoms with Gasteiger partial charge < -0.3 is 0 Å². The van der Waals surface area contributed by atoms with Gasteiger partial charge in [-0.25, -0.2) is 8.42 Å². The predicted molar refractivity (Wildman–Crippen MR) is 62.3 cm³/mol. The lowest BCUT2D eigenvalue weighted by atomic mass is 10.1. The van der Waals surface area contributed by atoms with Crippen LogP contribution in [0.2, 0.25) is 0 Å². The minimum absolute atomic E-state index is 0.0769. The van der Waals surface area contributed by atoms with Gasteiger partial charge in [0.2, 0.25) is 10.0 Å². The molecule has 1 heterocycles. The second-order valence-corrected chi connectivity index (χ2v) is 5.98. The number of carbonyl (C=O) groups is 1. The van der Waals surface area contributed by atoms with Crippen molar-refractivity contribution in [1.82, 2.24) is 0 Å². The third-order valence-electron chi connectivity index (χ3n) is 2.75. The molecule has 16 heavy (non-hydrogen) atoms. The van der Waals surface area contributed by atoms with Gasteiger partial charge in [-0.2, -0.15) is 0 Å². The fraction of sp³-hybridized carbons (Fsp3) is 0.364. The normalized spacial score (nSPS) is 19.6. The highest BCUT2D eigenvalue weighted by molar-refractivity contribution is 7.92. The fourth-order valence-corrected chi connectivity index (χ4v) is 3.47. The van der Waals surface area contributed by atoms with Gasteiger partial charge in [0.1, 0.15) is 6.29 Å². The number of anilines is 1. The quantitative estimate of drug-likeness (QED) is 0.729. The van der Waals surface area contributed by atoms with Crippen molar-refractivity contribution >= 4 is 22.0 Å². The molecule has 0 N–H and O–H groups in total. The number of nitrogens with zero attached hydrogens (tertiary/aromatic N) is 1. The summed E-state index contributed by atoms with van der Waals surface area (Å²) < 4.78 is 24.6. The summed E-state index contributed by atoms with van der Waals surface area (Å²) in [6, 6.07) is 5.02. The van der Waals surface area contributed by atoms with Crippen LogP contribution in [0.15, 0.2) is 18.2 Å². The Morgan fingerprint density at radius 1 is 1.44 bits per heavy atom. The predicted octanol–water partition coefficient (Wildman–Crippen LogP) is 1.21. The van der Waals surface area contributed by atoms with E-state index in [2.05, 4.69) is 0 Å². The third-order valence-corrected chi connectivity index (χ3v) is 4.02. The van der Waals surface area contributed by atoms with Crippen LogP contribution in [0.3, 0.4) is 0 Å². The van der Waals surface area contributed by atoms with Crippen molar-refractivity contribution in [3.05, 3.63) is 29.3 Å². The summed E-state index contributed by atoms with van der Waals surface area (Å²) in [5.41, 5.74) is 2.20. The van der Waals surface area contributed by atoms with Crippen molar-refractivity contribution < 1.29 is 13.2 Å². The monoisotopic (exact) mass is 239 g/mol. The molecular weight excluding hydrogens is 226 g/mol. The summed E-state index contributed by atoms with van der Waals surface area (Å²) in [5, 5.41) is 0. The molecule has 0 aliphatic carbocycles. The largest absolute Gasteiger partial charge is 0.298 e. The molecule has 1 aromatic rings. The fourth-order valence-electron chi connectivity index (χ4n) is 2.20. The van der Waals surface area contributed by atoms with Crippen molar-refractivity contribution in [3.63, 3.8) is 0 Å². The molecule has 0 bridgehead atoms. The molecule has 0 fully saturated rings. The average Bonchev–Trinajstić information content (AvgIpc) is 2.51. The summed E-state index contributed by atoms with van der Waals surface area (Å²) in [7, 11) is -3.24. The molecule has 1 aromatic carbocycles. The number of aldehydes is 1. The summed E-state index contributed by atoms with van der Waals surface area (Å²) in [4.78, 5) is 10.6. The molecule has 1 unspecified atom stereocenters. The van der Waals surface area contributed by atoms with Gasteiger partial charge in [-0.05, 0) is 37.1 Å². The van der Waals surface area contributed by atoms with Gasteiger partial charge in [0.05, 0.1) is 11.9 Å². The van der Waals surface area contributed by atoms with Gasteiger partial charge in [-0.15, -0.1) is 0 Å². The molecule has 0 radical (unpaired) electrons. The molecule has 5 heteroatoms. The lowest BCUT2D eigenvalue weighted by Crippen LogP contribution is -2.34.